The molecule has 0 saturated heterocycles. The molecule has 0 radical (unpaired) electrons. The van der Waals surface area contributed by atoms with Gasteiger partial charge in [0.15, 0.2) is 0 Å². The van der Waals surface area contributed by atoms with Gasteiger partial charge in [-0.05, 0) is 38.5 Å². The van der Waals surface area contributed by atoms with Gasteiger partial charge < -0.3 is 11.1 Å². The third-order valence-corrected chi connectivity index (χ3v) is 4.63. The first-order chi connectivity index (χ1) is 8.96. The summed E-state index contributed by atoms with van der Waals surface area (Å²) in [5.41, 5.74) is 5.88. The van der Waals surface area contributed by atoms with Crippen LogP contribution in [0.4, 0.5) is 5.69 Å². The van der Waals surface area contributed by atoms with Gasteiger partial charge in [0.05, 0.1) is 10.4 Å². The Morgan fingerprint density at radius 3 is 2.30 bits per heavy atom. The number of hydrogen-bond acceptors (Lipinski definition) is 4. The molecule has 1 amide bonds. The van der Waals surface area contributed by atoms with E-state index >= 15 is 0 Å². The van der Waals surface area contributed by atoms with Gasteiger partial charge in [-0.15, -0.1) is 0 Å². The number of nitrogens with one attached hydrogen (secondary N) is 1. The average Bonchev–Trinajstić information content (AvgIpc) is 2.30. The van der Waals surface area contributed by atoms with Crippen molar-refractivity contribution in [3.05, 3.63) is 23.8 Å². The van der Waals surface area contributed by atoms with E-state index in [4.69, 9.17) is 5.73 Å². The van der Waals surface area contributed by atoms with Crippen LogP contribution in [0.3, 0.4) is 0 Å². The van der Waals surface area contributed by atoms with Gasteiger partial charge in [-0.2, -0.15) is 0 Å². The fraction of sp³-hybridized carbons (Fsp3) is 0.462. The molecule has 1 aromatic rings. The van der Waals surface area contributed by atoms with Crippen molar-refractivity contribution in [3.63, 3.8) is 0 Å². The molecule has 0 aliphatic heterocycles. The number of benzene rings is 1. The van der Waals surface area contributed by atoms with Gasteiger partial charge in [0.25, 0.3) is 0 Å². The van der Waals surface area contributed by atoms with Crippen molar-refractivity contribution in [1.82, 2.24) is 4.31 Å². The first kappa shape index (κ1) is 16.6. The molecule has 3 N–H and O–H groups in total. The monoisotopic (exact) mass is 299 g/mol. The summed E-state index contributed by atoms with van der Waals surface area (Å²) in [6.07, 6.45) is 0. The molecule has 0 aromatic heterocycles. The number of sulfonamides is 1. The van der Waals surface area contributed by atoms with E-state index in [-0.39, 0.29) is 10.8 Å². The summed E-state index contributed by atoms with van der Waals surface area (Å²) in [6.45, 7) is 4.95. The van der Waals surface area contributed by atoms with E-state index in [1.807, 2.05) is 0 Å². The summed E-state index contributed by atoms with van der Waals surface area (Å²) in [6, 6.07) is 4.59. The van der Waals surface area contributed by atoms with Crippen LogP contribution in [-0.4, -0.2) is 38.3 Å². The van der Waals surface area contributed by atoms with Gasteiger partial charge in [-0.1, -0.05) is 6.07 Å². The number of amides is 1. The lowest BCUT2D eigenvalue weighted by Gasteiger charge is -2.19. The topological polar surface area (TPSA) is 92.5 Å². The smallest absolute Gasteiger partial charge is 0.243 e. The molecule has 0 unspecified atom stereocenters. The summed E-state index contributed by atoms with van der Waals surface area (Å²) in [7, 11) is -0.627. The molecular formula is C13H21N3O3S. The van der Waals surface area contributed by atoms with E-state index in [0.717, 1.165) is 9.87 Å². The molecule has 1 rings (SSSR count). The van der Waals surface area contributed by atoms with Gasteiger partial charge in [-0.3, -0.25) is 4.79 Å². The molecule has 0 bridgehead atoms. The maximum atomic E-state index is 12.1. The SMILES string of the molecule is Cc1ccc(S(=O)(=O)N(C)C)cc1NC(=O)C(C)(C)N. The fourth-order valence-electron chi connectivity index (χ4n) is 1.39. The van der Waals surface area contributed by atoms with Crippen LogP contribution >= 0.6 is 0 Å². The first-order valence-corrected chi connectivity index (χ1v) is 7.54. The maximum absolute atomic E-state index is 12.1. The fourth-order valence-corrected chi connectivity index (χ4v) is 2.32. The number of carbonyl (C=O) groups is 1. The van der Waals surface area contributed by atoms with Gasteiger partial charge >= 0.3 is 0 Å². The zero-order valence-corrected chi connectivity index (χ0v) is 13.2. The highest BCUT2D eigenvalue weighted by Gasteiger charge is 2.23. The Hall–Kier alpha value is -1.44. The van der Waals surface area contributed by atoms with Crippen LogP contribution in [0, 0.1) is 6.92 Å². The molecule has 7 heteroatoms. The van der Waals surface area contributed by atoms with E-state index < -0.39 is 15.6 Å². The van der Waals surface area contributed by atoms with Crippen LogP contribution in [0.1, 0.15) is 19.4 Å². The van der Waals surface area contributed by atoms with E-state index in [9.17, 15) is 13.2 Å². The molecule has 1 aromatic carbocycles. The van der Waals surface area contributed by atoms with Crippen LogP contribution in [0.2, 0.25) is 0 Å². The Labute approximate surface area is 120 Å². The van der Waals surface area contributed by atoms with Crippen molar-refractivity contribution in [2.75, 3.05) is 19.4 Å². The van der Waals surface area contributed by atoms with Gasteiger partial charge in [0.1, 0.15) is 0 Å². The van der Waals surface area contributed by atoms with Gasteiger partial charge in [-0.25, -0.2) is 12.7 Å². The minimum atomic E-state index is -3.54. The predicted molar refractivity (Wildman–Crippen MR) is 78.9 cm³/mol. The largest absolute Gasteiger partial charge is 0.324 e. The zero-order chi connectivity index (χ0) is 15.7. The number of hydrogen-bond donors (Lipinski definition) is 2. The van der Waals surface area contributed by atoms with Crippen molar-refractivity contribution < 1.29 is 13.2 Å². The van der Waals surface area contributed by atoms with Crippen LogP contribution in [0.15, 0.2) is 23.1 Å². The van der Waals surface area contributed by atoms with Gasteiger partial charge in [0.2, 0.25) is 15.9 Å². The van der Waals surface area contributed by atoms with E-state index in [0.29, 0.717) is 5.69 Å². The van der Waals surface area contributed by atoms with Gasteiger partial charge in [0, 0.05) is 19.8 Å². The molecule has 112 valence electrons. The van der Waals surface area contributed by atoms with Crippen LogP contribution in [0.25, 0.3) is 0 Å². The summed E-state index contributed by atoms with van der Waals surface area (Å²) in [5.74, 6) is -0.375. The molecule has 0 aliphatic carbocycles. The lowest BCUT2D eigenvalue weighted by atomic mass is 10.1. The Kier molecular flexibility index (Phi) is 4.58. The molecular weight excluding hydrogens is 278 g/mol. The number of anilines is 1. The summed E-state index contributed by atoms with van der Waals surface area (Å²) < 4.78 is 25.3. The first-order valence-electron chi connectivity index (χ1n) is 6.10. The molecule has 6 nitrogen and oxygen atoms in total. The normalized spacial score (nSPS) is 12.6. The Morgan fingerprint density at radius 2 is 1.85 bits per heavy atom. The van der Waals surface area contributed by atoms with Crippen molar-refractivity contribution >= 4 is 21.6 Å². The molecule has 20 heavy (non-hydrogen) atoms. The quantitative estimate of drug-likeness (QED) is 0.864. The third-order valence-electron chi connectivity index (χ3n) is 2.82. The second kappa shape index (κ2) is 5.51. The number of nitrogens with two attached hydrogens (primary N) is 1. The van der Waals surface area contributed by atoms with Crippen molar-refractivity contribution in [2.45, 2.75) is 31.2 Å². The van der Waals surface area contributed by atoms with Crippen LogP contribution in [0.5, 0.6) is 0 Å². The van der Waals surface area contributed by atoms with E-state index in [2.05, 4.69) is 5.32 Å². The lowest BCUT2D eigenvalue weighted by Crippen LogP contribution is -2.45. The second-order valence-electron chi connectivity index (χ2n) is 5.44. The molecule has 0 heterocycles. The number of carbonyl (C=O) groups excluding carboxylic acids is 1. The second-order valence-corrected chi connectivity index (χ2v) is 7.59. The van der Waals surface area contributed by atoms with Crippen molar-refractivity contribution in [1.29, 1.82) is 0 Å². The molecule has 0 spiro atoms. The predicted octanol–water partition coefficient (Wildman–Crippen LogP) is 0.921. The van der Waals surface area contributed by atoms with E-state index in [1.54, 1.807) is 26.8 Å². The molecule has 0 atom stereocenters. The maximum Gasteiger partial charge on any atom is 0.243 e. The number of nitrogens with zero attached hydrogens (tertiary/aromatic N) is 1. The van der Waals surface area contributed by atoms with Crippen molar-refractivity contribution in [3.8, 4) is 0 Å². The highest BCUT2D eigenvalue weighted by Crippen LogP contribution is 2.22. The summed E-state index contributed by atoms with van der Waals surface area (Å²) >= 11 is 0. The van der Waals surface area contributed by atoms with Crippen LogP contribution < -0.4 is 11.1 Å². The van der Waals surface area contributed by atoms with E-state index in [1.165, 1.54) is 26.2 Å². The lowest BCUT2D eigenvalue weighted by molar-refractivity contribution is -0.120. The summed E-state index contributed by atoms with van der Waals surface area (Å²) in [4.78, 5) is 12.0. The Morgan fingerprint density at radius 1 is 1.30 bits per heavy atom. The Balaban J connectivity index is 3.21. The molecule has 0 fully saturated rings. The van der Waals surface area contributed by atoms with Crippen LogP contribution in [-0.2, 0) is 14.8 Å². The number of aryl methyl sites for hydroxylation is 1. The minimum Gasteiger partial charge on any atom is -0.324 e. The molecule has 0 aliphatic rings. The summed E-state index contributed by atoms with van der Waals surface area (Å²) in [5, 5.41) is 2.65. The molecule has 0 saturated carbocycles. The standard InChI is InChI=1S/C13H21N3O3S/c1-9-6-7-10(20(18,19)16(4)5)8-11(9)15-12(17)13(2,3)14/h6-8H,14H2,1-5H3,(H,15,17). The minimum absolute atomic E-state index is 0.123. The van der Waals surface area contributed by atoms with Crippen molar-refractivity contribution in [2.24, 2.45) is 5.73 Å². The highest BCUT2D eigenvalue weighted by atomic mass is 32.2. The highest BCUT2D eigenvalue weighted by molar-refractivity contribution is 7.89. The Bertz CT molecular complexity index is 616. The third kappa shape index (κ3) is 3.56. The average molecular weight is 299 g/mol. The zero-order valence-electron chi connectivity index (χ0n) is 12.4. The number of rotatable bonds is 4.